The average molecular weight is 269 g/mol. The summed E-state index contributed by atoms with van der Waals surface area (Å²) in [6.07, 6.45) is 3.55. The second kappa shape index (κ2) is 4.21. The van der Waals surface area contributed by atoms with Gasteiger partial charge in [-0.1, -0.05) is 6.07 Å². The van der Waals surface area contributed by atoms with Crippen LogP contribution in [-0.4, -0.2) is 4.98 Å². The molecule has 0 aliphatic carbocycles. The lowest BCUT2D eigenvalue weighted by Crippen LogP contribution is -2.10. The van der Waals surface area contributed by atoms with Crippen LogP contribution >= 0.6 is 27.3 Å². The van der Waals surface area contributed by atoms with Gasteiger partial charge in [0.2, 0.25) is 0 Å². The Kier molecular flexibility index (Phi) is 2.96. The number of aromatic nitrogens is 1. The molecule has 2 nitrogen and oxygen atoms in total. The lowest BCUT2D eigenvalue weighted by molar-refractivity contribution is 0.868. The predicted molar refractivity (Wildman–Crippen MR) is 62.3 cm³/mol. The Labute approximate surface area is 94.9 Å². The maximum absolute atomic E-state index is 6.08. The standard InChI is InChI=1S/C10H9BrN2S/c11-9-4-8(6-14-9)10(12)7-2-1-3-13-5-7/h1-6,10H,12H2. The van der Waals surface area contributed by atoms with Crippen LogP contribution in [0.15, 0.2) is 39.8 Å². The number of hydrogen-bond acceptors (Lipinski definition) is 3. The van der Waals surface area contributed by atoms with E-state index in [1.165, 1.54) is 0 Å². The van der Waals surface area contributed by atoms with Crippen molar-refractivity contribution >= 4 is 27.3 Å². The van der Waals surface area contributed by atoms with Gasteiger partial charge in [0.1, 0.15) is 0 Å². The molecule has 0 spiro atoms. The SMILES string of the molecule is NC(c1cccnc1)c1csc(Br)c1. The zero-order valence-electron chi connectivity index (χ0n) is 7.35. The summed E-state index contributed by atoms with van der Waals surface area (Å²) in [4.78, 5) is 4.05. The van der Waals surface area contributed by atoms with Crippen LogP contribution < -0.4 is 5.73 Å². The van der Waals surface area contributed by atoms with Crippen LogP contribution in [0.2, 0.25) is 0 Å². The van der Waals surface area contributed by atoms with Crippen molar-refractivity contribution in [1.82, 2.24) is 4.98 Å². The third-order valence-corrected chi connectivity index (χ3v) is 3.51. The van der Waals surface area contributed by atoms with Gasteiger partial charge in [-0.3, -0.25) is 4.98 Å². The van der Waals surface area contributed by atoms with Crippen LogP contribution in [0.3, 0.4) is 0 Å². The lowest BCUT2D eigenvalue weighted by atomic mass is 10.1. The fourth-order valence-corrected chi connectivity index (χ4v) is 2.45. The Hall–Kier alpha value is -0.710. The van der Waals surface area contributed by atoms with Crippen molar-refractivity contribution in [3.05, 3.63) is 50.9 Å². The van der Waals surface area contributed by atoms with Crippen LogP contribution in [0.4, 0.5) is 0 Å². The molecule has 2 aromatic rings. The van der Waals surface area contributed by atoms with Crippen LogP contribution in [-0.2, 0) is 0 Å². The molecule has 2 aromatic heterocycles. The molecule has 2 rings (SSSR count). The molecule has 0 saturated carbocycles. The van der Waals surface area contributed by atoms with E-state index in [0.717, 1.165) is 14.9 Å². The van der Waals surface area contributed by atoms with Crippen LogP contribution in [0.5, 0.6) is 0 Å². The minimum atomic E-state index is -0.0775. The Morgan fingerprint density at radius 1 is 1.43 bits per heavy atom. The number of nitrogens with zero attached hydrogens (tertiary/aromatic N) is 1. The largest absolute Gasteiger partial charge is 0.320 e. The molecule has 0 amide bonds. The normalized spacial score (nSPS) is 12.7. The number of nitrogens with two attached hydrogens (primary N) is 1. The van der Waals surface area contributed by atoms with Crippen molar-refractivity contribution < 1.29 is 0 Å². The van der Waals surface area contributed by atoms with Gasteiger partial charge < -0.3 is 5.73 Å². The van der Waals surface area contributed by atoms with E-state index in [2.05, 4.69) is 26.3 Å². The first-order chi connectivity index (χ1) is 6.77. The fourth-order valence-electron chi connectivity index (χ4n) is 1.24. The topological polar surface area (TPSA) is 38.9 Å². The van der Waals surface area contributed by atoms with Crippen molar-refractivity contribution in [2.75, 3.05) is 0 Å². The van der Waals surface area contributed by atoms with E-state index in [1.54, 1.807) is 23.7 Å². The molecule has 14 heavy (non-hydrogen) atoms. The summed E-state index contributed by atoms with van der Waals surface area (Å²) in [6.45, 7) is 0. The van der Waals surface area contributed by atoms with Crippen LogP contribution in [0.1, 0.15) is 17.2 Å². The van der Waals surface area contributed by atoms with E-state index in [1.807, 2.05) is 18.2 Å². The summed E-state index contributed by atoms with van der Waals surface area (Å²) in [5.74, 6) is 0. The van der Waals surface area contributed by atoms with Crippen molar-refractivity contribution in [2.45, 2.75) is 6.04 Å². The monoisotopic (exact) mass is 268 g/mol. The van der Waals surface area contributed by atoms with Gasteiger partial charge in [0.15, 0.2) is 0 Å². The minimum Gasteiger partial charge on any atom is -0.320 e. The molecular weight excluding hydrogens is 260 g/mol. The highest BCUT2D eigenvalue weighted by Gasteiger charge is 2.09. The van der Waals surface area contributed by atoms with Crippen molar-refractivity contribution in [3.8, 4) is 0 Å². The smallest absolute Gasteiger partial charge is 0.0701 e. The van der Waals surface area contributed by atoms with Gasteiger partial charge in [-0.2, -0.15) is 0 Å². The van der Waals surface area contributed by atoms with E-state index >= 15 is 0 Å². The Bertz CT molecular complexity index is 413. The molecule has 2 heterocycles. The molecule has 0 radical (unpaired) electrons. The fraction of sp³-hybridized carbons (Fsp3) is 0.100. The molecule has 0 fully saturated rings. The third kappa shape index (κ3) is 2.03. The van der Waals surface area contributed by atoms with Gasteiger partial charge in [-0.05, 0) is 44.6 Å². The van der Waals surface area contributed by atoms with Crippen LogP contribution in [0.25, 0.3) is 0 Å². The molecule has 0 saturated heterocycles. The first-order valence-electron chi connectivity index (χ1n) is 4.17. The quantitative estimate of drug-likeness (QED) is 0.910. The summed E-state index contributed by atoms with van der Waals surface area (Å²) >= 11 is 5.06. The van der Waals surface area contributed by atoms with Gasteiger partial charge in [0, 0.05) is 12.4 Å². The van der Waals surface area contributed by atoms with Gasteiger partial charge in [-0.25, -0.2) is 0 Å². The predicted octanol–water partition coefficient (Wildman–Crippen LogP) is 2.95. The Balaban J connectivity index is 2.29. The highest BCUT2D eigenvalue weighted by molar-refractivity contribution is 9.11. The van der Waals surface area contributed by atoms with E-state index in [0.29, 0.717) is 0 Å². The highest BCUT2D eigenvalue weighted by atomic mass is 79.9. The van der Waals surface area contributed by atoms with E-state index in [-0.39, 0.29) is 6.04 Å². The molecule has 1 unspecified atom stereocenters. The number of rotatable bonds is 2. The summed E-state index contributed by atoms with van der Waals surface area (Å²) in [6, 6.07) is 5.86. The first-order valence-corrected chi connectivity index (χ1v) is 5.84. The zero-order valence-corrected chi connectivity index (χ0v) is 9.75. The number of hydrogen-bond donors (Lipinski definition) is 1. The molecule has 4 heteroatoms. The van der Waals surface area contributed by atoms with Crippen molar-refractivity contribution in [3.63, 3.8) is 0 Å². The molecule has 1 atom stereocenters. The van der Waals surface area contributed by atoms with Gasteiger partial charge >= 0.3 is 0 Å². The molecule has 0 bridgehead atoms. The average Bonchev–Trinajstić information content (AvgIpc) is 2.65. The molecular formula is C10H9BrN2S. The van der Waals surface area contributed by atoms with Crippen LogP contribution in [0, 0.1) is 0 Å². The maximum atomic E-state index is 6.08. The summed E-state index contributed by atoms with van der Waals surface area (Å²) in [7, 11) is 0. The maximum Gasteiger partial charge on any atom is 0.0701 e. The molecule has 0 aliphatic rings. The first kappa shape index (κ1) is 9.83. The molecule has 72 valence electrons. The van der Waals surface area contributed by atoms with E-state index < -0.39 is 0 Å². The van der Waals surface area contributed by atoms with Gasteiger partial charge in [-0.15, -0.1) is 11.3 Å². The zero-order chi connectivity index (χ0) is 9.97. The van der Waals surface area contributed by atoms with E-state index in [4.69, 9.17) is 5.73 Å². The van der Waals surface area contributed by atoms with Gasteiger partial charge in [0.05, 0.1) is 9.83 Å². The lowest BCUT2D eigenvalue weighted by Gasteiger charge is -2.08. The second-order valence-corrected chi connectivity index (χ2v) is 5.24. The van der Waals surface area contributed by atoms with E-state index in [9.17, 15) is 0 Å². The summed E-state index contributed by atoms with van der Waals surface area (Å²) < 4.78 is 1.10. The number of pyridine rings is 1. The number of thiophene rings is 1. The number of halogens is 1. The highest BCUT2D eigenvalue weighted by Crippen LogP contribution is 2.27. The molecule has 0 aromatic carbocycles. The summed E-state index contributed by atoms with van der Waals surface area (Å²) in [5.41, 5.74) is 8.24. The molecule has 0 aliphatic heterocycles. The second-order valence-electron chi connectivity index (χ2n) is 2.95. The van der Waals surface area contributed by atoms with Gasteiger partial charge in [0.25, 0.3) is 0 Å². The Morgan fingerprint density at radius 3 is 2.86 bits per heavy atom. The summed E-state index contributed by atoms with van der Waals surface area (Å²) in [5, 5.41) is 2.06. The Morgan fingerprint density at radius 2 is 2.29 bits per heavy atom. The third-order valence-electron chi connectivity index (χ3n) is 1.99. The van der Waals surface area contributed by atoms with Crippen molar-refractivity contribution in [2.24, 2.45) is 5.73 Å². The van der Waals surface area contributed by atoms with Crippen molar-refractivity contribution in [1.29, 1.82) is 0 Å². The molecule has 2 N–H and O–H groups in total. The minimum absolute atomic E-state index is 0.0775.